The molecule has 1 aromatic heterocycles. The molecule has 0 aliphatic rings. The number of rotatable bonds is 5. The van der Waals surface area contributed by atoms with Crippen molar-refractivity contribution in [3.8, 4) is 22.9 Å². The number of nitrogens with zero attached hydrogens (tertiary/aromatic N) is 2. The van der Waals surface area contributed by atoms with Gasteiger partial charge < -0.3 is 19.7 Å². The Bertz CT molecular complexity index is 566. The summed E-state index contributed by atoms with van der Waals surface area (Å²) in [4.78, 5) is 4.21. The second-order valence-corrected chi connectivity index (χ2v) is 3.93. The van der Waals surface area contributed by atoms with Gasteiger partial charge in [0, 0.05) is 6.07 Å². The van der Waals surface area contributed by atoms with E-state index in [4.69, 9.17) is 19.7 Å². The molecular formula is C13H17N3O3. The summed E-state index contributed by atoms with van der Waals surface area (Å²) >= 11 is 0. The first-order valence-corrected chi connectivity index (χ1v) is 6.01. The number of hydrogen-bond donors (Lipinski definition) is 1. The molecule has 2 rings (SSSR count). The van der Waals surface area contributed by atoms with E-state index >= 15 is 0 Å². The molecule has 0 aliphatic carbocycles. The third kappa shape index (κ3) is 2.53. The molecular weight excluding hydrogens is 246 g/mol. The van der Waals surface area contributed by atoms with Crippen molar-refractivity contribution in [1.29, 1.82) is 0 Å². The van der Waals surface area contributed by atoms with Crippen molar-refractivity contribution in [2.24, 2.45) is 5.73 Å². The Labute approximate surface area is 111 Å². The van der Waals surface area contributed by atoms with E-state index in [0.717, 1.165) is 23.3 Å². The van der Waals surface area contributed by atoms with Crippen LogP contribution in [0.1, 0.15) is 18.4 Å². The van der Waals surface area contributed by atoms with E-state index in [1.54, 1.807) is 14.2 Å². The maximum atomic E-state index is 5.47. The minimum Gasteiger partial charge on any atom is -0.496 e. The lowest BCUT2D eigenvalue weighted by Gasteiger charge is -2.12. The Hall–Kier alpha value is -2.08. The van der Waals surface area contributed by atoms with Crippen molar-refractivity contribution in [2.75, 3.05) is 14.2 Å². The summed E-state index contributed by atoms with van der Waals surface area (Å²) in [5.74, 6) is 2.28. The van der Waals surface area contributed by atoms with E-state index in [1.807, 2.05) is 12.1 Å². The molecule has 0 radical (unpaired) electrons. The number of nitrogens with two attached hydrogens (primary N) is 1. The summed E-state index contributed by atoms with van der Waals surface area (Å²) in [7, 11) is 3.22. The second-order valence-electron chi connectivity index (χ2n) is 3.93. The summed E-state index contributed by atoms with van der Waals surface area (Å²) in [6, 6.07) is 3.77. The van der Waals surface area contributed by atoms with Gasteiger partial charge in [0.05, 0.1) is 26.3 Å². The Kier molecular flexibility index (Phi) is 4.01. The molecule has 0 atom stereocenters. The maximum absolute atomic E-state index is 5.47. The lowest BCUT2D eigenvalue weighted by atomic mass is 10.1. The molecule has 102 valence electrons. The van der Waals surface area contributed by atoms with Crippen molar-refractivity contribution in [3.05, 3.63) is 23.6 Å². The van der Waals surface area contributed by atoms with Crippen molar-refractivity contribution in [1.82, 2.24) is 10.1 Å². The third-order valence-corrected chi connectivity index (χ3v) is 2.87. The van der Waals surface area contributed by atoms with Gasteiger partial charge in [-0.2, -0.15) is 4.98 Å². The molecule has 0 saturated carbocycles. The predicted octanol–water partition coefficient (Wildman–Crippen LogP) is 1.77. The fourth-order valence-corrected chi connectivity index (χ4v) is 1.86. The normalized spacial score (nSPS) is 10.5. The SMILES string of the molecule is CCc1cc(-c2noc(CN)n2)c(OC)cc1OC. The van der Waals surface area contributed by atoms with Crippen LogP contribution >= 0.6 is 0 Å². The molecule has 2 aromatic rings. The Morgan fingerprint density at radius 3 is 2.47 bits per heavy atom. The highest BCUT2D eigenvalue weighted by molar-refractivity contribution is 5.67. The van der Waals surface area contributed by atoms with Crippen LogP contribution in [0.4, 0.5) is 0 Å². The van der Waals surface area contributed by atoms with Crippen LogP contribution in [0.15, 0.2) is 16.7 Å². The van der Waals surface area contributed by atoms with Crippen LogP contribution in [-0.2, 0) is 13.0 Å². The van der Waals surface area contributed by atoms with Crippen LogP contribution in [0.5, 0.6) is 11.5 Å². The maximum Gasteiger partial charge on any atom is 0.240 e. The van der Waals surface area contributed by atoms with Gasteiger partial charge in [0.1, 0.15) is 11.5 Å². The van der Waals surface area contributed by atoms with E-state index in [1.165, 1.54) is 0 Å². The second kappa shape index (κ2) is 5.71. The van der Waals surface area contributed by atoms with Gasteiger partial charge in [0.2, 0.25) is 11.7 Å². The first-order valence-electron chi connectivity index (χ1n) is 6.01. The highest BCUT2D eigenvalue weighted by atomic mass is 16.5. The topological polar surface area (TPSA) is 83.4 Å². The molecule has 6 heteroatoms. The molecule has 19 heavy (non-hydrogen) atoms. The van der Waals surface area contributed by atoms with Gasteiger partial charge in [-0.05, 0) is 18.1 Å². The number of benzene rings is 1. The molecule has 0 spiro atoms. The third-order valence-electron chi connectivity index (χ3n) is 2.87. The van der Waals surface area contributed by atoms with Crippen molar-refractivity contribution < 1.29 is 14.0 Å². The van der Waals surface area contributed by atoms with Gasteiger partial charge in [-0.25, -0.2) is 0 Å². The first-order chi connectivity index (χ1) is 9.23. The van der Waals surface area contributed by atoms with Gasteiger partial charge in [-0.1, -0.05) is 12.1 Å². The van der Waals surface area contributed by atoms with Crippen LogP contribution in [0.2, 0.25) is 0 Å². The summed E-state index contributed by atoms with van der Waals surface area (Å²) in [6.45, 7) is 2.27. The number of aromatic nitrogens is 2. The zero-order chi connectivity index (χ0) is 13.8. The van der Waals surface area contributed by atoms with Crippen molar-refractivity contribution in [3.63, 3.8) is 0 Å². The summed E-state index contributed by atoms with van der Waals surface area (Å²) in [5.41, 5.74) is 7.29. The number of methoxy groups -OCH3 is 2. The van der Waals surface area contributed by atoms with Gasteiger partial charge in [-0.15, -0.1) is 0 Å². The average Bonchev–Trinajstić information content (AvgIpc) is 2.94. The molecule has 0 fully saturated rings. The standard InChI is InChI=1S/C13H17N3O3/c1-4-8-5-9(11(18-3)6-10(8)17-2)13-15-12(7-14)19-16-13/h5-6H,4,7,14H2,1-3H3. The van der Waals surface area contributed by atoms with Crippen molar-refractivity contribution >= 4 is 0 Å². The molecule has 0 bridgehead atoms. The molecule has 2 N–H and O–H groups in total. The van der Waals surface area contributed by atoms with Crippen LogP contribution < -0.4 is 15.2 Å². The summed E-state index contributed by atoms with van der Waals surface area (Å²) < 4.78 is 15.7. The van der Waals surface area contributed by atoms with Crippen LogP contribution in [0.25, 0.3) is 11.4 Å². The van der Waals surface area contributed by atoms with Crippen LogP contribution in [0.3, 0.4) is 0 Å². The first kappa shape index (κ1) is 13.4. The summed E-state index contributed by atoms with van der Waals surface area (Å²) in [6.07, 6.45) is 0.835. The lowest BCUT2D eigenvalue weighted by Crippen LogP contribution is -1.97. The zero-order valence-electron chi connectivity index (χ0n) is 11.3. The average molecular weight is 263 g/mol. The highest BCUT2D eigenvalue weighted by Crippen LogP contribution is 2.34. The van der Waals surface area contributed by atoms with E-state index in [-0.39, 0.29) is 6.54 Å². The minimum atomic E-state index is 0.214. The molecule has 0 unspecified atom stereocenters. The van der Waals surface area contributed by atoms with Gasteiger partial charge in [0.25, 0.3) is 0 Å². The molecule has 0 amide bonds. The van der Waals surface area contributed by atoms with Gasteiger partial charge >= 0.3 is 0 Å². The highest BCUT2D eigenvalue weighted by Gasteiger charge is 2.16. The number of ether oxygens (including phenoxy) is 2. The fourth-order valence-electron chi connectivity index (χ4n) is 1.86. The Morgan fingerprint density at radius 2 is 1.95 bits per heavy atom. The van der Waals surface area contributed by atoms with E-state index in [2.05, 4.69) is 17.1 Å². The number of hydrogen-bond acceptors (Lipinski definition) is 6. The Morgan fingerprint density at radius 1 is 1.21 bits per heavy atom. The number of aryl methyl sites for hydroxylation is 1. The lowest BCUT2D eigenvalue weighted by molar-refractivity contribution is 0.379. The fraction of sp³-hybridized carbons (Fsp3) is 0.385. The molecule has 1 heterocycles. The predicted molar refractivity (Wildman–Crippen MR) is 70.1 cm³/mol. The smallest absolute Gasteiger partial charge is 0.240 e. The largest absolute Gasteiger partial charge is 0.496 e. The van der Waals surface area contributed by atoms with E-state index in [0.29, 0.717) is 17.5 Å². The molecule has 0 saturated heterocycles. The van der Waals surface area contributed by atoms with Crippen LogP contribution in [-0.4, -0.2) is 24.4 Å². The monoisotopic (exact) mass is 263 g/mol. The quantitative estimate of drug-likeness (QED) is 0.885. The van der Waals surface area contributed by atoms with Crippen molar-refractivity contribution in [2.45, 2.75) is 19.9 Å². The molecule has 1 aromatic carbocycles. The van der Waals surface area contributed by atoms with Gasteiger partial charge in [0.15, 0.2) is 0 Å². The van der Waals surface area contributed by atoms with E-state index in [9.17, 15) is 0 Å². The van der Waals surface area contributed by atoms with Crippen LogP contribution in [0, 0.1) is 0 Å². The summed E-state index contributed by atoms with van der Waals surface area (Å²) in [5, 5.41) is 3.91. The molecule has 0 aliphatic heterocycles. The zero-order valence-corrected chi connectivity index (χ0v) is 11.3. The van der Waals surface area contributed by atoms with E-state index < -0.39 is 0 Å². The van der Waals surface area contributed by atoms with Gasteiger partial charge in [-0.3, -0.25) is 0 Å². The molecule has 6 nitrogen and oxygen atoms in total. The Balaban J connectivity index is 2.54. The minimum absolute atomic E-state index is 0.214.